The molecule has 6 nitrogen and oxygen atoms in total. The van der Waals surface area contributed by atoms with Crippen molar-refractivity contribution in [3.8, 4) is 0 Å². The number of benzene rings is 1. The van der Waals surface area contributed by atoms with Crippen LogP contribution in [-0.2, 0) is 11.2 Å². The average molecular weight is 305 g/mol. The molecule has 1 atom stereocenters. The van der Waals surface area contributed by atoms with E-state index in [1.807, 2.05) is 30.3 Å². The van der Waals surface area contributed by atoms with E-state index in [-0.39, 0.29) is 11.9 Å². The molecule has 0 heterocycles. The Balaban J connectivity index is 1.98. The lowest BCUT2D eigenvalue weighted by Gasteiger charge is -2.26. The minimum atomic E-state index is -0.778. The molecule has 1 fully saturated rings. The van der Waals surface area contributed by atoms with E-state index in [9.17, 15) is 9.59 Å². The Bertz CT molecular complexity index is 487. The number of carbonyl (C=O) groups excluding carboxylic acids is 2. The first-order valence-corrected chi connectivity index (χ1v) is 7.74. The van der Waals surface area contributed by atoms with Crippen LogP contribution in [-0.4, -0.2) is 29.2 Å². The zero-order valence-electron chi connectivity index (χ0n) is 12.5. The van der Waals surface area contributed by atoms with E-state index in [1.54, 1.807) is 0 Å². The summed E-state index contributed by atoms with van der Waals surface area (Å²) in [4.78, 5) is 23.8. The Morgan fingerprint density at radius 1 is 1.14 bits per heavy atom. The maximum absolute atomic E-state index is 12.4. The fourth-order valence-corrected chi connectivity index (χ4v) is 2.80. The normalized spacial score (nSPS) is 16.6. The van der Waals surface area contributed by atoms with E-state index >= 15 is 0 Å². The third-order valence-corrected chi connectivity index (χ3v) is 3.96. The van der Waals surface area contributed by atoms with Crippen molar-refractivity contribution in [2.45, 2.75) is 50.6 Å². The van der Waals surface area contributed by atoms with Crippen LogP contribution in [0.2, 0.25) is 0 Å². The minimum absolute atomic E-state index is 0.179. The van der Waals surface area contributed by atoms with Gasteiger partial charge in [-0.3, -0.25) is 10.0 Å². The molecular formula is C16H23N3O3. The highest BCUT2D eigenvalue weighted by atomic mass is 16.5. The van der Waals surface area contributed by atoms with Crippen LogP contribution in [0.4, 0.5) is 4.79 Å². The first-order chi connectivity index (χ1) is 10.7. The van der Waals surface area contributed by atoms with Crippen molar-refractivity contribution in [2.24, 2.45) is 0 Å². The number of hydrogen-bond acceptors (Lipinski definition) is 3. The van der Waals surface area contributed by atoms with Gasteiger partial charge in [-0.15, -0.1) is 0 Å². The predicted octanol–water partition coefficient (Wildman–Crippen LogP) is 1.73. The third-order valence-electron chi connectivity index (χ3n) is 3.96. The van der Waals surface area contributed by atoms with E-state index in [0.29, 0.717) is 6.42 Å². The summed E-state index contributed by atoms with van der Waals surface area (Å²) in [6, 6.07) is 8.16. The maximum Gasteiger partial charge on any atom is 0.339 e. The number of carbonyl (C=O) groups is 2. The van der Waals surface area contributed by atoms with Crippen molar-refractivity contribution in [2.75, 3.05) is 0 Å². The highest BCUT2D eigenvalue weighted by Crippen LogP contribution is 2.17. The Labute approximate surface area is 130 Å². The Hall–Kier alpha value is -2.08. The number of hydrogen-bond donors (Lipinski definition) is 4. The van der Waals surface area contributed by atoms with Gasteiger partial charge in [0.1, 0.15) is 6.04 Å². The van der Waals surface area contributed by atoms with E-state index in [0.717, 1.165) is 31.2 Å². The van der Waals surface area contributed by atoms with Gasteiger partial charge in [0.15, 0.2) is 0 Å². The molecule has 0 spiro atoms. The summed E-state index contributed by atoms with van der Waals surface area (Å²) in [5.74, 6) is -0.209. The lowest BCUT2D eigenvalue weighted by Crippen LogP contribution is -2.52. The van der Waals surface area contributed by atoms with Crippen LogP contribution in [0.15, 0.2) is 30.3 Å². The maximum atomic E-state index is 12.4. The topological polar surface area (TPSA) is 90.5 Å². The second-order valence-corrected chi connectivity index (χ2v) is 5.67. The second-order valence-electron chi connectivity index (χ2n) is 5.67. The van der Waals surface area contributed by atoms with Gasteiger partial charge in [-0.25, -0.2) is 10.3 Å². The van der Waals surface area contributed by atoms with Crippen LogP contribution >= 0.6 is 0 Å². The molecule has 0 aliphatic heterocycles. The lowest BCUT2D eigenvalue weighted by atomic mass is 9.95. The first-order valence-electron chi connectivity index (χ1n) is 7.74. The molecule has 1 aromatic rings. The molecule has 0 radical (unpaired) electrons. The quantitative estimate of drug-likeness (QED) is 0.493. The SMILES string of the molecule is O=C(NO)N[C@@H](Cc1ccccc1)C(=O)NC1CCCCC1. The summed E-state index contributed by atoms with van der Waals surface area (Å²) in [5, 5.41) is 14.2. The Morgan fingerprint density at radius 3 is 2.45 bits per heavy atom. The molecule has 2 rings (SSSR count). The smallest absolute Gasteiger partial charge is 0.339 e. The molecule has 1 aliphatic carbocycles. The molecule has 120 valence electrons. The monoisotopic (exact) mass is 305 g/mol. The molecule has 1 aromatic carbocycles. The molecule has 22 heavy (non-hydrogen) atoms. The van der Waals surface area contributed by atoms with Crippen LogP contribution < -0.4 is 16.1 Å². The predicted molar refractivity (Wildman–Crippen MR) is 82.4 cm³/mol. The van der Waals surface area contributed by atoms with Gasteiger partial charge in [-0.1, -0.05) is 49.6 Å². The molecule has 0 bridgehead atoms. The highest BCUT2D eigenvalue weighted by Gasteiger charge is 2.24. The van der Waals surface area contributed by atoms with Gasteiger partial charge in [0.05, 0.1) is 0 Å². The fraction of sp³-hybridized carbons (Fsp3) is 0.500. The zero-order chi connectivity index (χ0) is 15.8. The standard InChI is InChI=1S/C16H23N3O3/c20-15(17-13-9-5-2-6-10-13)14(18-16(21)19-22)11-12-7-3-1-4-8-12/h1,3-4,7-8,13-14,22H,2,5-6,9-11H2,(H,17,20)(H2,18,19,21)/t14-/m0/s1. The second kappa shape index (κ2) is 8.38. The van der Waals surface area contributed by atoms with Crippen molar-refractivity contribution in [1.82, 2.24) is 16.1 Å². The van der Waals surface area contributed by atoms with Crippen molar-refractivity contribution < 1.29 is 14.8 Å². The molecule has 6 heteroatoms. The van der Waals surface area contributed by atoms with Gasteiger partial charge in [0.25, 0.3) is 0 Å². The average Bonchev–Trinajstić information content (AvgIpc) is 2.56. The van der Waals surface area contributed by atoms with Gasteiger partial charge in [0, 0.05) is 12.5 Å². The van der Waals surface area contributed by atoms with Gasteiger partial charge >= 0.3 is 6.03 Å². The summed E-state index contributed by atoms with van der Waals surface area (Å²) in [6.07, 6.45) is 5.81. The number of nitrogens with one attached hydrogen (secondary N) is 3. The van der Waals surface area contributed by atoms with Crippen LogP contribution in [0.1, 0.15) is 37.7 Å². The van der Waals surface area contributed by atoms with E-state index in [4.69, 9.17) is 5.21 Å². The molecule has 0 unspecified atom stereocenters. The molecule has 1 saturated carbocycles. The van der Waals surface area contributed by atoms with Gasteiger partial charge in [0.2, 0.25) is 5.91 Å². The summed E-state index contributed by atoms with van der Waals surface area (Å²) in [5.41, 5.74) is 2.46. The van der Waals surface area contributed by atoms with E-state index in [1.165, 1.54) is 11.9 Å². The van der Waals surface area contributed by atoms with E-state index in [2.05, 4.69) is 10.6 Å². The highest BCUT2D eigenvalue weighted by molar-refractivity contribution is 5.87. The molecule has 1 aliphatic rings. The van der Waals surface area contributed by atoms with Crippen LogP contribution in [0.3, 0.4) is 0 Å². The minimum Gasteiger partial charge on any atom is -0.352 e. The number of amides is 3. The molecule has 0 saturated heterocycles. The molecule has 4 N–H and O–H groups in total. The third kappa shape index (κ3) is 5.04. The largest absolute Gasteiger partial charge is 0.352 e. The van der Waals surface area contributed by atoms with Gasteiger partial charge < -0.3 is 10.6 Å². The van der Waals surface area contributed by atoms with Crippen LogP contribution in [0, 0.1) is 0 Å². The number of urea groups is 1. The molecule has 0 aromatic heterocycles. The first kappa shape index (κ1) is 16.3. The summed E-state index contributed by atoms with van der Waals surface area (Å²) < 4.78 is 0. The fourth-order valence-electron chi connectivity index (χ4n) is 2.80. The molecule has 3 amide bonds. The lowest BCUT2D eigenvalue weighted by molar-refractivity contribution is -0.123. The van der Waals surface area contributed by atoms with Crippen LogP contribution in [0.5, 0.6) is 0 Å². The Kier molecular flexibility index (Phi) is 6.21. The van der Waals surface area contributed by atoms with Crippen LogP contribution in [0.25, 0.3) is 0 Å². The molecular weight excluding hydrogens is 282 g/mol. The van der Waals surface area contributed by atoms with Crippen molar-refractivity contribution in [3.05, 3.63) is 35.9 Å². The number of rotatable bonds is 5. The van der Waals surface area contributed by atoms with Gasteiger partial charge in [-0.05, 0) is 18.4 Å². The van der Waals surface area contributed by atoms with Crippen molar-refractivity contribution in [3.63, 3.8) is 0 Å². The zero-order valence-corrected chi connectivity index (χ0v) is 12.5. The Morgan fingerprint density at radius 2 is 1.82 bits per heavy atom. The van der Waals surface area contributed by atoms with E-state index < -0.39 is 12.1 Å². The van der Waals surface area contributed by atoms with Crippen molar-refractivity contribution in [1.29, 1.82) is 0 Å². The van der Waals surface area contributed by atoms with Gasteiger partial charge in [-0.2, -0.15) is 0 Å². The summed E-state index contributed by atoms with van der Waals surface area (Å²) in [6.45, 7) is 0. The number of hydroxylamine groups is 1. The summed E-state index contributed by atoms with van der Waals surface area (Å²) >= 11 is 0. The summed E-state index contributed by atoms with van der Waals surface area (Å²) in [7, 11) is 0. The van der Waals surface area contributed by atoms with Crippen molar-refractivity contribution >= 4 is 11.9 Å².